The molecule has 138 valence electrons. The minimum Gasteiger partial charge on any atom is -0.387 e. The molecule has 0 radical (unpaired) electrons. The Balaban J connectivity index is 1.35. The standard InChI is InChI=1S/C20H20N4O3/c25-19-13-24(11-10-21-19)16-8-6-15(7-9-16)22-20(26)17-12-18(27-23-17)14-4-2-1-3-5-14/h1-9,18H,10-13H2,(H,21,25)(H,22,26)/t18-/m0/s1. The zero-order valence-corrected chi connectivity index (χ0v) is 14.7. The monoisotopic (exact) mass is 364 g/mol. The summed E-state index contributed by atoms with van der Waals surface area (Å²) in [6.45, 7) is 1.76. The number of carbonyl (C=O) groups excluding carboxylic acids is 2. The van der Waals surface area contributed by atoms with Crippen molar-refractivity contribution in [1.29, 1.82) is 0 Å². The fraction of sp³-hybridized carbons (Fsp3) is 0.250. The number of benzene rings is 2. The van der Waals surface area contributed by atoms with Crippen molar-refractivity contribution in [3.8, 4) is 0 Å². The zero-order valence-electron chi connectivity index (χ0n) is 14.7. The summed E-state index contributed by atoms with van der Waals surface area (Å²) in [5.74, 6) is -0.246. The maximum atomic E-state index is 12.4. The van der Waals surface area contributed by atoms with Crippen molar-refractivity contribution < 1.29 is 14.4 Å². The normalized spacial score (nSPS) is 19.1. The molecule has 2 heterocycles. The molecule has 2 aromatic rings. The first kappa shape index (κ1) is 17.1. The third kappa shape index (κ3) is 3.92. The van der Waals surface area contributed by atoms with E-state index in [2.05, 4.69) is 15.8 Å². The summed E-state index contributed by atoms with van der Waals surface area (Å²) in [4.78, 5) is 31.3. The second kappa shape index (κ2) is 7.49. The molecule has 2 amide bonds. The molecule has 4 rings (SSSR count). The minimum absolute atomic E-state index is 0.0193. The number of carbonyl (C=O) groups is 2. The molecule has 0 bridgehead atoms. The van der Waals surface area contributed by atoms with Gasteiger partial charge in [-0.2, -0.15) is 0 Å². The maximum Gasteiger partial charge on any atom is 0.273 e. The van der Waals surface area contributed by atoms with E-state index in [-0.39, 0.29) is 17.9 Å². The number of hydrogen-bond acceptors (Lipinski definition) is 5. The number of anilines is 2. The van der Waals surface area contributed by atoms with Crippen LogP contribution in [0.25, 0.3) is 0 Å². The van der Waals surface area contributed by atoms with Gasteiger partial charge in [-0.15, -0.1) is 0 Å². The first-order valence-corrected chi connectivity index (χ1v) is 8.90. The molecular formula is C20H20N4O3. The summed E-state index contributed by atoms with van der Waals surface area (Å²) in [7, 11) is 0. The molecule has 7 heteroatoms. The van der Waals surface area contributed by atoms with Crippen molar-refractivity contribution in [3.63, 3.8) is 0 Å². The second-order valence-electron chi connectivity index (χ2n) is 6.52. The lowest BCUT2D eigenvalue weighted by atomic mass is 10.0. The van der Waals surface area contributed by atoms with Crippen molar-refractivity contribution in [2.75, 3.05) is 29.9 Å². The van der Waals surface area contributed by atoms with Crippen LogP contribution in [-0.2, 0) is 14.4 Å². The van der Waals surface area contributed by atoms with Gasteiger partial charge in [-0.1, -0.05) is 35.5 Å². The summed E-state index contributed by atoms with van der Waals surface area (Å²) >= 11 is 0. The SMILES string of the molecule is O=C1CN(c2ccc(NC(=O)C3=NO[C@H](c4ccccc4)C3)cc2)CCN1. The topological polar surface area (TPSA) is 83.0 Å². The van der Waals surface area contributed by atoms with E-state index in [0.717, 1.165) is 17.8 Å². The van der Waals surface area contributed by atoms with E-state index < -0.39 is 0 Å². The van der Waals surface area contributed by atoms with Crippen LogP contribution in [0.5, 0.6) is 0 Å². The molecule has 7 nitrogen and oxygen atoms in total. The molecule has 0 aromatic heterocycles. The van der Waals surface area contributed by atoms with E-state index in [0.29, 0.717) is 30.9 Å². The molecular weight excluding hydrogens is 344 g/mol. The average Bonchev–Trinajstić information content (AvgIpc) is 3.20. The van der Waals surface area contributed by atoms with E-state index in [1.807, 2.05) is 59.5 Å². The Labute approximate surface area is 157 Å². The molecule has 0 spiro atoms. The van der Waals surface area contributed by atoms with Gasteiger partial charge in [-0.25, -0.2) is 0 Å². The first-order chi connectivity index (χ1) is 13.2. The fourth-order valence-electron chi connectivity index (χ4n) is 3.18. The molecule has 0 unspecified atom stereocenters. The smallest absolute Gasteiger partial charge is 0.273 e. The predicted molar refractivity (Wildman–Crippen MR) is 103 cm³/mol. The number of nitrogens with zero attached hydrogens (tertiary/aromatic N) is 2. The van der Waals surface area contributed by atoms with E-state index in [9.17, 15) is 9.59 Å². The van der Waals surface area contributed by atoms with Crippen molar-refractivity contribution in [3.05, 3.63) is 60.2 Å². The molecule has 2 aromatic carbocycles. The van der Waals surface area contributed by atoms with Crippen LogP contribution < -0.4 is 15.5 Å². The Bertz CT molecular complexity index is 865. The van der Waals surface area contributed by atoms with Crippen molar-refractivity contribution >= 4 is 28.9 Å². The van der Waals surface area contributed by atoms with Crippen molar-refractivity contribution in [2.24, 2.45) is 5.16 Å². The van der Waals surface area contributed by atoms with E-state index in [4.69, 9.17) is 4.84 Å². The highest BCUT2D eigenvalue weighted by atomic mass is 16.6. The molecule has 2 aliphatic heterocycles. The highest BCUT2D eigenvalue weighted by Gasteiger charge is 2.27. The van der Waals surface area contributed by atoms with E-state index in [1.165, 1.54) is 0 Å². The Morgan fingerprint density at radius 2 is 1.93 bits per heavy atom. The third-order valence-electron chi connectivity index (χ3n) is 4.63. The van der Waals surface area contributed by atoms with Gasteiger partial charge in [0.2, 0.25) is 5.91 Å². The molecule has 2 N–H and O–H groups in total. The highest BCUT2D eigenvalue weighted by molar-refractivity contribution is 6.43. The second-order valence-corrected chi connectivity index (χ2v) is 6.52. The van der Waals surface area contributed by atoms with E-state index >= 15 is 0 Å². The van der Waals surface area contributed by atoms with Gasteiger partial charge >= 0.3 is 0 Å². The van der Waals surface area contributed by atoms with Gasteiger partial charge in [0, 0.05) is 30.9 Å². The van der Waals surface area contributed by atoms with Gasteiger partial charge in [-0.05, 0) is 29.8 Å². The maximum absolute atomic E-state index is 12.4. The summed E-state index contributed by atoms with van der Waals surface area (Å²) in [5, 5.41) is 9.59. The number of amides is 2. The predicted octanol–water partition coefficient (Wildman–Crippen LogP) is 2.08. The van der Waals surface area contributed by atoms with Crippen LogP contribution in [-0.4, -0.2) is 37.2 Å². The van der Waals surface area contributed by atoms with Gasteiger partial charge < -0.3 is 20.4 Å². The number of nitrogens with one attached hydrogen (secondary N) is 2. The molecule has 1 atom stereocenters. The highest BCUT2D eigenvalue weighted by Crippen LogP contribution is 2.27. The van der Waals surface area contributed by atoms with Crippen LogP contribution in [0.3, 0.4) is 0 Å². The van der Waals surface area contributed by atoms with Crippen LogP contribution in [0.1, 0.15) is 18.1 Å². The largest absolute Gasteiger partial charge is 0.387 e. The van der Waals surface area contributed by atoms with Crippen molar-refractivity contribution in [2.45, 2.75) is 12.5 Å². The summed E-state index contributed by atoms with van der Waals surface area (Å²) in [6.07, 6.45) is 0.219. The number of oxime groups is 1. The minimum atomic E-state index is -0.265. The molecule has 1 fully saturated rings. The Hall–Kier alpha value is -3.35. The van der Waals surface area contributed by atoms with Crippen LogP contribution in [0.2, 0.25) is 0 Å². The van der Waals surface area contributed by atoms with Crippen LogP contribution in [0, 0.1) is 0 Å². The molecule has 0 aliphatic carbocycles. The fourth-order valence-corrected chi connectivity index (χ4v) is 3.18. The Morgan fingerprint density at radius 1 is 1.15 bits per heavy atom. The van der Waals surface area contributed by atoms with Gasteiger partial charge in [-0.3, -0.25) is 9.59 Å². The Kier molecular flexibility index (Phi) is 4.74. The van der Waals surface area contributed by atoms with Gasteiger partial charge in [0.05, 0.1) is 6.54 Å². The van der Waals surface area contributed by atoms with E-state index in [1.54, 1.807) is 0 Å². The van der Waals surface area contributed by atoms with Gasteiger partial charge in [0.25, 0.3) is 5.91 Å². The molecule has 27 heavy (non-hydrogen) atoms. The summed E-state index contributed by atoms with van der Waals surface area (Å²) < 4.78 is 0. The van der Waals surface area contributed by atoms with Gasteiger partial charge in [0.15, 0.2) is 6.10 Å². The number of rotatable bonds is 4. The summed E-state index contributed by atoms with van der Waals surface area (Å²) in [6, 6.07) is 17.2. The lowest BCUT2D eigenvalue weighted by Crippen LogP contribution is -2.47. The van der Waals surface area contributed by atoms with Gasteiger partial charge in [0.1, 0.15) is 5.71 Å². The lowest BCUT2D eigenvalue weighted by molar-refractivity contribution is -0.120. The Morgan fingerprint density at radius 3 is 2.67 bits per heavy atom. The summed E-state index contributed by atoms with van der Waals surface area (Å²) in [5.41, 5.74) is 3.00. The third-order valence-corrected chi connectivity index (χ3v) is 4.63. The number of hydrogen-bond donors (Lipinski definition) is 2. The molecule has 2 aliphatic rings. The average molecular weight is 364 g/mol. The quantitative estimate of drug-likeness (QED) is 0.870. The van der Waals surface area contributed by atoms with Crippen LogP contribution in [0.15, 0.2) is 59.8 Å². The first-order valence-electron chi connectivity index (χ1n) is 8.90. The molecule has 1 saturated heterocycles. The lowest BCUT2D eigenvalue weighted by Gasteiger charge is -2.28. The molecule has 0 saturated carbocycles. The zero-order chi connectivity index (χ0) is 18.6. The van der Waals surface area contributed by atoms with Crippen LogP contribution >= 0.6 is 0 Å². The van der Waals surface area contributed by atoms with Crippen LogP contribution in [0.4, 0.5) is 11.4 Å². The van der Waals surface area contributed by atoms with Crippen molar-refractivity contribution in [1.82, 2.24) is 5.32 Å². The number of piperazine rings is 1.